The molecule has 0 aromatic heterocycles. The highest BCUT2D eigenvalue weighted by Crippen LogP contribution is 2.26. The van der Waals surface area contributed by atoms with Crippen LogP contribution in [0.4, 0.5) is 5.69 Å². The van der Waals surface area contributed by atoms with Gasteiger partial charge in [0, 0.05) is 26.2 Å². The summed E-state index contributed by atoms with van der Waals surface area (Å²) in [4.78, 5) is 0. The summed E-state index contributed by atoms with van der Waals surface area (Å²) in [6, 6.07) is 5.61. The summed E-state index contributed by atoms with van der Waals surface area (Å²) in [6.07, 6.45) is 0. The summed E-state index contributed by atoms with van der Waals surface area (Å²) >= 11 is 12.5. The van der Waals surface area contributed by atoms with Crippen LogP contribution in [-0.4, -0.2) is 6.54 Å². The van der Waals surface area contributed by atoms with Crippen LogP contribution in [0, 0.1) is 0 Å². The first-order valence-electron chi connectivity index (χ1n) is 3.62. The number of anilines is 1. The SMILES string of the molecule is C=C(Br)CNc1ccc(Cl)cc1Br. The van der Waals surface area contributed by atoms with E-state index in [0.717, 1.165) is 19.7 Å². The summed E-state index contributed by atoms with van der Waals surface area (Å²) in [6.45, 7) is 4.42. The molecule has 70 valence electrons. The standard InChI is InChI=1S/C9H8Br2ClN/c1-6(10)5-13-9-3-2-7(12)4-8(9)11/h2-4,13H,1,5H2. The fourth-order valence-electron chi connectivity index (χ4n) is 0.824. The first kappa shape index (κ1) is 11.1. The minimum Gasteiger partial charge on any atom is -0.380 e. The molecule has 0 fully saturated rings. The summed E-state index contributed by atoms with van der Waals surface area (Å²) in [7, 11) is 0. The average Bonchev–Trinajstić information content (AvgIpc) is 2.02. The molecule has 1 N–H and O–H groups in total. The third kappa shape index (κ3) is 3.71. The van der Waals surface area contributed by atoms with Crippen molar-refractivity contribution in [3.63, 3.8) is 0 Å². The molecule has 1 aromatic rings. The van der Waals surface area contributed by atoms with Gasteiger partial charge in [-0.1, -0.05) is 34.1 Å². The van der Waals surface area contributed by atoms with Gasteiger partial charge in [-0.05, 0) is 34.1 Å². The molecule has 0 unspecified atom stereocenters. The molecule has 4 heteroatoms. The minimum absolute atomic E-state index is 0.695. The van der Waals surface area contributed by atoms with Crippen LogP contribution in [0.15, 0.2) is 33.7 Å². The Morgan fingerprint density at radius 3 is 2.77 bits per heavy atom. The quantitative estimate of drug-likeness (QED) is 0.867. The summed E-state index contributed by atoms with van der Waals surface area (Å²) < 4.78 is 1.86. The second kappa shape index (κ2) is 5.03. The van der Waals surface area contributed by atoms with Gasteiger partial charge in [0.2, 0.25) is 0 Å². The molecule has 0 amide bonds. The van der Waals surface area contributed by atoms with Crippen molar-refractivity contribution >= 4 is 49.1 Å². The zero-order valence-corrected chi connectivity index (χ0v) is 10.7. The van der Waals surface area contributed by atoms with E-state index in [1.54, 1.807) is 0 Å². The zero-order valence-electron chi connectivity index (χ0n) is 6.78. The number of halogens is 3. The topological polar surface area (TPSA) is 12.0 Å². The van der Waals surface area contributed by atoms with Gasteiger partial charge in [-0.2, -0.15) is 0 Å². The monoisotopic (exact) mass is 323 g/mol. The first-order valence-corrected chi connectivity index (χ1v) is 5.58. The average molecular weight is 325 g/mol. The molecule has 0 heterocycles. The number of nitrogens with one attached hydrogen (secondary N) is 1. The molecule has 0 atom stereocenters. The van der Waals surface area contributed by atoms with E-state index in [9.17, 15) is 0 Å². The highest BCUT2D eigenvalue weighted by molar-refractivity contribution is 9.11. The Kier molecular flexibility index (Phi) is 4.29. The van der Waals surface area contributed by atoms with E-state index < -0.39 is 0 Å². The molecule has 0 radical (unpaired) electrons. The fraction of sp³-hybridized carbons (Fsp3) is 0.111. The Hall–Kier alpha value is 0.01000. The molecular formula is C9H8Br2ClN. The van der Waals surface area contributed by atoms with Crippen molar-refractivity contribution < 1.29 is 0 Å². The summed E-state index contributed by atoms with van der Waals surface area (Å²) in [5.41, 5.74) is 1.00. The predicted molar refractivity (Wildman–Crippen MR) is 65.7 cm³/mol. The van der Waals surface area contributed by atoms with Crippen molar-refractivity contribution in [2.24, 2.45) is 0 Å². The number of rotatable bonds is 3. The van der Waals surface area contributed by atoms with Crippen molar-refractivity contribution in [1.82, 2.24) is 0 Å². The smallest absolute Gasteiger partial charge is 0.0488 e. The van der Waals surface area contributed by atoms with Gasteiger partial charge in [-0.3, -0.25) is 0 Å². The van der Waals surface area contributed by atoms with Gasteiger partial charge in [-0.15, -0.1) is 0 Å². The molecule has 0 saturated heterocycles. The maximum atomic E-state index is 5.80. The number of benzene rings is 1. The second-order valence-corrected chi connectivity index (χ2v) is 4.91. The van der Waals surface area contributed by atoms with Crippen molar-refractivity contribution in [1.29, 1.82) is 0 Å². The van der Waals surface area contributed by atoms with Crippen LogP contribution < -0.4 is 5.32 Å². The third-order valence-electron chi connectivity index (χ3n) is 1.40. The maximum Gasteiger partial charge on any atom is 0.0488 e. The molecule has 0 aliphatic heterocycles. The van der Waals surface area contributed by atoms with Gasteiger partial charge in [0.05, 0.1) is 0 Å². The molecule has 0 spiro atoms. The Bertz CT molecular complexity index is 325. The molecule has 1 aromatic carbocycles. The highest BCUT2D eigenvalue weighted by Gasteiger charge is 1.99. The molecule has 13 heavy (non-hydrogen) atoms. The Labute approximate surface area is 99.4 Å². The van der Waals surface area contributed by atoms with E-state index in [1.807, 2.05) is 18.2 Å². The van der Waals surface area contributed by atoms with Gasteiger partial charge in [0.15, 0.2) is 0 Å². The van der Waals surface area contributed by atoms with Crippen LogP contribution in [0.1, 0.15) is 0 Å². The van der Waals surface area contributed by atoms with Crippen LogP contribution in [0.2, 0.25) is 5.02 Å². The van der Waals surface area contributed by atoms with Crippen LogP contribution in [0.3, 0.4) is 0 Å². The van der Waals surface area contributed by atoms with Gasteiger partial charge in [0.1, 0.15) is 0 Å². The molecule has 0 aliphatic rings. The molecular weight excluding hydrogens is 317 g/mol. The van der Waals surface area contributed by atoms with Gasteiger partial charge in [-0.25, -0.2) is 0 Å². The summed E-state index contributed by atoms with van der Waals surface area (Å²) in [5.74, 6) is 0. The molecule has 0 bridgehead atoms. The van der Waals surface area contributed by atoms with E-state index in [2.05, 4.69) is 43.8 Å². The third-order valence-corrected chi connectivity index (χ3v) is 2.57. The number of hydrogen-bond acceptors (Lipinski definition) is 1. The molecule has 1 nitrogen and oxygen atoms in total. The number of hydrogen-bond donors (Lipinski definition) is 1. The van der Waals surface area contributed by atoms with E-state index >= 15 is 0 Å². The maximum absolute atomic E-state index is 5.80. The fourth-order valence-corrected chi connectivity index (χ4v) is 1.79. The van der Waals surface area contributed by atoms with E-state index in [0.29, 0.717) is 6.54 Å². The lowest BCUT2D eigenvalue weighted by atomic mass is 10.3. The lowest BCUT2D eigenvalue weighted by Gasteiger charge is -2.07. The Balaban J connectivity index is 2.72. The van der Waals surface area contributed by atoms with Crippen molar-refractivity contribution in [3.05, 3.63) is 38.8 Å². The highest BCUT2D eigenvalue weighted by atomic mass is 79.9. The summed E-state index contributed by atoms with van der Waals surface area (Å²) in [5, 5.41) is 3.91. The van der Waals surface area contributed by atoms with Crippen LogP contribution >= 0.6 is 43.5 Å². The van der Waals surface area contributed by atoms with Gasteiger partial charge >= 0.3 is 0 Å². The van der Waals surface area contributed by atoms with E-state index in [1.165, 1.54) is 0 Å². The van der Waals surface area contributed by atoms with E-state index in [-0.39, 0.29) is 0 Å². The largest absolute Gasteiger partial charge is 0.380 e. The molecule has 1 rings (SSSR count). The van der Waals surface area contributed by atoms with Crippen molar-refractivity contribution in [2.75, 3.05) is 11.9 Å². The normalized spacial score (nSPS) is 9.77. The van der Waals surface area contributed by atoms with Crippen molar-refractivity contribution in [3.8, 4) is 0 Å². The van der Waals surface area contributed by atoms with Crippen LogP contribution in [-0.2, 0) is 0 Å². The Morgan fingerprint density at radius 1 is 1.54 bits per heavy atom. The van der Waals surface area contributed by atoms with Gasteiger partial charge in [0.25, 0.3) is 0 Å². The van der Waals surface area contributed by atoms with Crippen molar-refractivity contribution in [2.45, 2.75) is 0 Å². The van der Waals surface area contributed by atoms with Gasteiger partial charge < -0.3 is 5.32 Å². The van der Waals surface area contributed by atoms with E-state index in [4.69, 9.17) is 11.6 Å². The zero-order chi connectivity index (χ0) is 9.84. The lowest BCUT2D eigenvalue weighted by molar-refractivity contribution is 1.32. The minimum atomic E-state index is 0.695. The predicted octanol–water partition coefficient (Wildman–Crippen LogP) is 4.42. The Morgan fingerprint density at radius 2 is 2.23 bits per heavy atom. The molecule has 0 aliphatic carbocycles. The lowest BCUT2D eigenvalue weighted by Crippen LogP contribution is -2.00. The first-order chi connectivity index (χ1) is 6.09. The van der Waals surface area contributed by atoms with Crippen LogP contribution in [0.5, 0.6) is 0 Å². The second-order valence-electron chi connectivity index (χ2n) is 2.49. The molecule has 0 saturated carbocycles. The van der Waals surface area contributed by atoms with Crippen LogP contribution in [0.25, 0.3) is 0 Å².